The van der Waals surface area contributed by atoms with E-state index in [0.717, 1.165) is 5.75 Å². The summed E-state index contributed by atoms with van der Waals surface area (Å²) >= 11 is 1.96. The molecule has 1 rings (SSSR count). The van der Waals surface area contributed by atoms with E-state index in [1.807, 2.05) is 18.0 Å². The molecule has 0 saturated carbocycles. The normalized spacial score (nSPS) is 19.0. The van der Waals surface area contributed by atoms with Crippen molar-refractivity contribution in [3.63, 3.8) is 0 Å². The van der Waals surface area contributed by atoms with Gasteiger partial charge in [-0.25, -0.2) is 0 Å². The van der Waals surface area contributed by atoms with Crippen LogP contribution in [0, 0.1) is 0 Å². The lowest BCUT2D eigenvalue weighted by molar-refractivity contribution is 0.666. The first kappa shape index (κ1) is 10.7. The van der Waals surface area contributed by atoms with Gasteiger partial charge in [-0.2, -0.15) is 0 Å². The molecule has 1 atom stereocenters. The largest absolute Gasteiger partial charge is 0.376 e. The van der Waals surface area contributed by atoms with Gasteiger partial charge in [0.05, 0.1) is 5.37 Å². The van der Waals surface area contributed by atoms with E-state index in [1.54, 1.807) is 5.57 Å². The minimum absolute atomic E-state index is 0.475. The zero-order chi connectivity index (χ0) is 9.52. The highest BCUT2D eigenvalue weighted by Gasteiger charge is 2.13. The second-order valence-corrected chi connectivity index (χ2v) is 4.61. The van der Waals surface area contributed by atoms with Gasteiger partial charge in [-0.3, -0.25) is 0 Å². The monoisotopic (exact) mass is 197 g/mol. The zero-order valence-corrected chi connectivity index (χ0v) is 9.20. The number of nitrogens with one attached hydrogen (secondary N) is 1. The second-order valence-electron chi connectivity index (χ2n) is 3.23. The molecule has 0 amide bonds. The van der Waals surface area contributed by atoms with Crippen molar-refractivity contribution in [1.82, 2.24) is 5.32 Å². The van der Waals surface area contributed by atoms with Crippen LogP contribution in [0.25, 0.3) is 0 Å². The quantitative estimate of drug-likeness (QED) is 0.536. The number of thioether (sulfide) groups is 1. The molecule has 0 saturated heterocycles. The van der Waals surface area contributed by atoms with Gasteiger partial charge in [-0.15, -0.1) is 11.8 Å². The van der Waals surface area contributed by atoms with Crippen molar-refractivity contribution in [3.8, 4) is 0 Å². The predicted molar refractivity (Wildman–Crippen MR) is 61.8 cm³/mol. The van der Waals surface area contributed by atoms with E-state index in [9.17, 15) is 0 Å². The Morgan fingerprint density at radius 1 is 1.69 bits per heavy atom. The molecule has 0 spiro atoms. The topological polar surface area (TPSA) is 12.0 Å². The Bertz CT molecular complexity index is 187. The summed E-state index contributed by atoms with van der Waals surface area (Å²) in [7, 11) is 0. The van der Waals surface area contributed by atoms with Crippen LogP contribution in [0.1, 0.15) is 32.6 Å². The lowest BCUT2D eigenvalue weighted by atomic mass is 9.99. The van der Waals surface area contributed by atoms with Crippen molar-refractivity contribution in [2.24, 2.45) is 0 Å². The van der Waals surface area contributed by atoms with Gasteiger partial charge in [-0.05, 0) is 43.2 Å². The summed E-state index contributed by atoms with van der Waals surface area (Å²) in [6.45, 7) is 5.93. The Hall–Kier alpha value is -0.370. The molecular formula is C11H19NS. The number of hydrogen-bond acceptors (Lipinski definition) is 2. The first-order valence-electron chi connectivity index (χ1n) is 5.06. The first-order valence-corrected chi connectivity index (χ1v) is 6.10. The van der Waals surface area contributed by atoms with Gasteiger partial charge in [0.1, 0.15) is 0 Å². The van der Waals surface area contributed by atoms with Crippen LogP contribution >= 0.6 is 11.8 Å². The van der Waals surface area contributed by atoms with Crippen LogP contribution in [-0.2, 0) is 0 Å². The number of rotatable bonds is 5. The van der Waals surface area contributed by atoms with Crippen molar-refractivity contribution in [1.29, 1.82) is 0 Å². The molecule has 0 aromatic heterocycles. The van der Waals surface area contributed by atoms with Gasteiger partial charge in [0.25, 0.3) is 0 Å². The molecule has 0 bridgehead atoms. The van der Waals surface area contributed by atoms with E-state index in [-0.39, 0.29) is 0 Å². The zero-order valence-electron chi connectivity index (χ0n) is 8.38. The maximum Gasteiger partial charge on any atom is 0.0934 e. The van der Waals surface area contributed by atoms with Crippen molar-refractivity contribution >= 4 is 11.8 Å². The summed E-state index contributed by atoms with van der Waals surface area (Å²) < 4.78 is 0. The number of allylic oxidation sites excluding steroid dienone is 1. The van der Waals surface area contributed by atoms with E-state index < -0.39 is 0 Å². The van der Waals surface area contributed by atoms with Gasteiger partial charge >= 0.3 is 0 Å². The third kappa shape index (κ3) is 3.47. The van der Waals surface area contributed by atoms with Crippen LogP contribution in [-0.4, -0.2) is 11.1 Å². The molecule has 0 heterocycles. The van der Waals surface area contributed by atoms with Gasteiger partial charge in [0.2, 0.25) is 0 Å². The van der Waals surface area contributed by atoms with Crippen molar-refractivity contribution in [2.45, 2.75) is 38.0 Å². The summed E-state index contributed by atoms with van der Waals surface area (Å²) in [5, 5.41) is 3.79. The standard InChI is InChI=1S/C11H19NS/c1-3-12-11(13-4-2)10-8-6-5-7-9-10/h3,8,11-12H,1,4-7,9H2,2H3. The minimum Gasteiger partial charge on any atom is -0.376 e. The van der Waals surface area contributed by atoms with E-state index in [2.05, 4.69) is 24.9 Å². The van der Waals surface area contributed by atoms with Crippen LogP contribution in [0.5, 0.6) is 0 Å². The molecule has 1 aliphatic carbocycles. The molecule has 1 aliphatic rings. The van der Waals surface area contributed by atoms with Crippen molar-refractivity contribution in [2.75, 3.05) is 5.75 Å². The van der Waals surface area contributed by atoms with Crippen LogP contribution in [0.15, 0.2) is 24.4 Å². The van der Waals surface area contributed by atoms with Crippen molar-refractivity contribution < 1.29 is 0 Å². The third-order valence-electron chi connectivity index (χ3n) is 2.27. The molecule has 0 fully saturated rings. The Kier molecular flexibility index (Phi) is 5.06. The fraction of sp³-hybridized carbons (Fsp3) is 0.636. The molecule has 74 valence electrons. The predicted octanol–water partition coefficient (Wildman–Crippen LogP) is 3.30. The van der Waals surface area contributed by atoms with Crippen molar-refractivity contribution in [3.05, 3.63) is 24.4 Å². The van der Waals surface area contributed by atoms with Gasteiger partial charge in [0, 0.05) is 0 Å². The Morgan fingerprint density at radius 2 is 2.54 bits per heavy atom. The SMILES string of the molecule is C=CNC(SCC)C1=CCCCC1. The fourth-order valence-electron chi connectivity index (χ4n) is 1.64. The maximum atomic E-state index is 3.73. The summed E-state index contributed by atoms with van der Waals surface area (Å²) in [6, 6.07) is 0. The average Bonchev–Trinajstić information content (AvgIpc) is 2.19. The lowest BCUT2D eigenvalue weighted by Crippen LogP contribution is -2.24. The maximum absolute atomic E-state index is 3.73. The molecule has 2 heteroatoms. The fourth-order valence-corrected chi connectivity index (χ4v) is 2.59. The van der Waals surface area contributed by atoms with Crippen LogP contribution in [0.2, 0.25) is 0 Å². The van der Waals surface area contributed by atoms with E-state index in [1.165, 1.54) is 25.7 Å². The molecule has 1 unspecified atom stereocenters. The smallest absolute Gasteiger partial charge is 0.0934 e. The van der Waals surface area contributed by atoms with E-state index in [0.29, 0.717) is 5.37 Å². The van der Waals surface area contributed by atoms with Crippen LogP contribution < -0.4 is 5.32 Å². The molecule has 1 nitrogen and oxygen atoms in total. The van der Waals surface area contributed by atoms with Crippen LogP contribution in [0.3, 0.4) is 0 Å². The molecule has 0 aromatic carbocycles. The van der Waals surface area contributed by atoms with Gasteiger partial charge in [0.15, 0.2) is 0 Å². The Morgan fingerprint density at radius 3 is 3.08 bits per heavy atom. The molecule has 1 N–H and O–H groups in total. The average molecular weight is 197 g/mol. The Labute approximate surface area is 85.7 Å². The lowest BCUT2D eigenvalue weighted by Gasteiger charge is -2.22. The number of hydrogen-bond donors (Lipinski definition) is 1. The van der Waals surface area contributed by atoms with Crippen LogP contribution in [0.4, 0.5) is 0 Å². The second kappa shape index (κ2) is 6.14. The van der Waals surface area contributed by atoms with Gasteiger partial charge < -0.3 is 5.32 Å². The highest BCUT2D eigenvalue weighted by atomic mass is 32.2. The van der Waals surface area contributed by atoms with E-state index >= 15 is 0 Å². The molecular weight excluding hydrogens is 178 g/mol. The molecule has 13 heavy (non-hydrogen) atoms. The third-order valence-corrected chi connectivity index (χ3v) is 3.37. The minimum atomic E-state index is 0.475. The highest BCUT2D eigenvalue weighted by Crippen LogP contribution is 2.26. The summed E-state index contributed by atoms with van der Waals surface area (Å²) in [4.78, 5) is 0. The highest BCUT2D eigenvalue weighted by molar-refractivity contribution is 8.00. The van der Waals surface area contributed by atoms with Gasteiger partial charge in [-0.1, -0.05) is 19.6 Å². The Balaban J connectivity index is 2.50. The first-order chi connectivity index (χ1) is 6.38. The summed E-state index contributed by atoms with van der Waals surface area (Å²) in [5.74, 6) is 1.16. The summed E-state index contributed by atoms with van der Waals surface area (Å²) in [6.07, 6.45) is 9.44. The summed E-state index contributed by atoms with van der Waals surface area (Å²) in [5.41, 5.74) is 1.57. The molecule has 0 radical (unpaired) electrons. The molecule has 0 aliphatic heterocycles. The van der Waals surface area contributed by atoms with E-state index in [4.69, 9.17) is 0 Å². The molecule has 0 aromatic rings.